The van der Waals surface area contributed by atoms with E-state index in [-0.39, 0.29) is 23.3 Å². The Morgan fingerprint density at radius 1 is 1.53 bits per heavy atom. The van der Waals surface area contributed by atoms with Crippen LogP contribution in [0.4, 0.5) is 0 Å². The number of carbonyl (C=O) groups is 1. The zero-order valence-electron chi connectivity index (χ0n) is 11.7. The fourth-order valence-corrected chi connectivity index (χ4v) is 4.29. The molecule has 5 heteroatoms. The van der Waals surface area contributed by atoms with Crippen LogP contribution in [0.3, 0.4) is 0 Å². The summed E-state index contributed by atoms with van der Waals surface area (Å²) in [5.41, 5.74) is 5.94. The van der Waals surface area contributed by atoms with Crippen LogP contribution < -0.4 is 5.73 Å². The third-order valence-corrected chi connectivity index (χ3v) is 5.28. The number of methoxy groups -OCH3 is 1. The van der Waals surface area contributed by atoms with Gasteiger partial charge < -0.3 is 15.2 Å². The van der Waals surface area contributed by atoms with Crippen molar-refractivity contribution in [1.82, 2.24) is 0 Å². The molecule has 2 aliphatic rings. The molecule has 1 spiro atoms. The Bertz CT molecular complexity index is 300. The van der Waals surface area contributed by atoms with Gasteiger partial charge in [0.25, 0.3) is 0 Å². The second kappa shape index (κ2) is 7.07. The summed E-state index contributed by atoms with van der Waals surface area (Å²) < 4.78 is 11.0. The second-order valence-electron chi connectivity index (χ2n) is 5.62. The Balaban J connectivity index is 1.91. The van der Waals surface area contributed by atoms with Crippen LogP contribution in [0, 0.1) is 5.92 Å². The largest absolute Gasteiger partial charge is 0.385 e. The number of hydrogen-bond acceptors (Lipinski definition) is 5. The maximum Gasteiger partial charge on any atom is 0.152 e. The topological polar surface area (TPSA) is 61.5 Å². The van der Waals surface area contributed by atoms with Gasteiger partial charge in [0.2, 0.25) is 0 Å². The maximum absolute atomic E-state index is 12.4. The van der Waals surface area contributed by atoms with Crippen LogP contribution in [0.2, 0.25) is 0 Å². The summed E-state index contributed by atoms with van der Waals surface area (Å²) in [6, 6.07) is -0.377. The molecule has 0 aromatic rings. The van der Waals surface area contributed by atoms with Crippen molar-refractivity contribution in [2.45, 2.75) is 43.7 Å². The molecule has 2 fully saturated rings. The van der Waals surface area contributed by atoms with Crippen LogP contribution in [0.25, 0.3) is 0 Å². The molecule has 0 radical (unpaired) electrons. The van der Waals surface area contributed by atoms with Gasteiger partial charge in [0.1, 0.15) is 0 Å². The van der Waals surface area contributed by atoms with E-state index in [0.29, 0.717) is 19.6 Å². The SMILES string of the molecule is COCCC(N)C(=O)C1CCOC2(CCSCC2)C1. The molecule has 0 aliphatic carbocycles. The summed E-state index contributed by atoms with van der Waals surface area (Å²) in [6.45, 7) is 1.26. The first kappa shape index (κ1) is 15.3. The molecule has 110 valence electrons. The number of rotatable bonds is 5. The Morgan fingerprint density at radius 3 is 2.95 bits per heavy atom. The molecule has 2 heterocycles. The zero-order chi connectivity index (χ0) is 13.7. The summed E-state index contributed by atoms with van der Waals surface area (Å²) in [4.78, 5) is 12.4. The van der Waals surface area contributed by atoms with Crippen molar-refractivity contribution in [2.75, 3.05) is 31.8 Å². The van der Waals surface area contributed by atoms with Gasteiger partial charge in [-0.3, -0.25) is 4.79 Å². The van der Waals surface area contributed by atoms with Crippen LogP contribution in [-0.2, 0) is 14.3 Å². The number of Topliss-reactive ketones (excluding diaryl/α,β-unsaturated/α-hetero) is 1. The van der Waals surface area contributed by atoms with Crippen molar-refractivity contribution in [3.8, 4) is 0 Å². The van der Waals surface area contributed by atoms with Crippen LogP contribution >= 0.6 is 11.8 Å². The Kier molecular flexibility index (Phi) is 5.69. The number of ketones is 1. The number of thioether (sulfide) groups is 1. The lowest BCUT2D eigenvalue weighted by atomic mass is 9.78. The quantitative estimate of drug-likeness (QED) is 0.832. The van der Waals surface area contributed by atoms with E-state index in [2.05, 4.69) is 0 Å². The first-order valence-electron chi connectivity index (χ1n) is 7.17. The van der Waals surface area contributed by atoms with E-state index in [9.17, 15) is 4.79 Å². The van der Waals surface area contributed by atoms with E-state index in [1.807, 2.05) is 11.8 Å². The second-order valence-corrected chi connectivity index (χ2v) is 6.85. The maximum atomic E-state index is 12.4. The molecule has 0 bridgehead atoms. The minimum atomic E-state index is -0.377. The summed E-state index contributed by atoms with van der Waals surface area (Å²) in [5.74, 6) is 2.59. The summed E-state index contributed by atoms with van der Waals surface area (Å²) in [7, 11) is 1.64. The van der Waals surface area contributed by atoms with Crippen molar-refractivity contribution in [2.24, 2.45) is 11.7 Å². The molecule has 2 aliphatic heterocycles. The highest BCUT2D eigenvalue weighted by molar-refractivity contribution is 7.99. The highest BCUT2D eigenvalue weighted by Crippen LogP contribution is 2.40. The predicted molar refractivity (Wildman–Crippen MR) is 77.4 cm³/mol. The molecule has 2 unspecified atom stereocenters. The molecule has 19 heavy (non-hydrogen) atoms. The Hall–Kier alpha value is -0.100. The molecular formula is C14H25NO3S. The fraction of sp³-hybridized carbons (Fsp3) is 0.929. The standard InChI is InChI=1S/C14H25NO3S/c1-17-6-3-12(15)13(16)11-2-7-18-14(10-11)4-8-19-9-5-14/h11-12H,2-10,15H2,1H3. The van der Waals surface area contributed by atoms with Gasteiger partial charge in [-0.05, 0) is 43.6 Å². The predicted octanol–water partition coefficient (Wildman–Crippen LogP) is 1.61. The molecule has 0 aromatic heterocycles. The van der Waals surface area contributed by atoms with E-state index in [0.717, 1.165) is 37.2 Å². The van der Waals surface area contributed by atoms with Gasteiger partial charge in [-0.25, -0.2) is 0 Å². The zero-order valence-corrected chi connectivity index (χ0v) is 12.5. The van der Waals surface area contributed by atoms with Crippen molar-refractivity contribution in [3.05, 3.63) is 0 Å². The number of ether oxygens (including phenoxy) is 2. The van der Waals surface area contributed by atoms with Gasteiger partial charge in [0.05, 0.1) is 11.6 Å². The molecule has 0 amide bonds. The lowest BCUT2D eigenvalue weighted by molar-refractivity contribution is -0.139. The van der Waals surface area contributed by atoms with Crippen molar-refractivity contribution < 1.29 is 14.3 Å². The first-order chi connectivity index (χ1) is 9.17. The minimum Gasteiger partial charge on any atom is -0.385 e. The third-order valence-electron chi connectivity index (χ3n) is 4.30. The van der Waals surface area contributed by atoms with Gasteiger partial charge in [-0.1, -0.05) is 0 Å². The van der Waals surface area contributed by atoms with E-state index in [1.165, 1.54) is 0 Å². The summed E-state index contributed by atoms with van der Waals surface area (Å²) in [6.07, 6.45) is 4.47. The minimum absolute atomic E-state index is 0.0369. The molecule has 2 rings (SSSR count). The average molecular weight is 287 g/mol. The van der Waals surface area contributed by atoms with E-state index >= 15 is 0 Å². The average Bonchev–Trinajstić information content (AvgIpc) is 2.45. The van der Waals surface area contributed by atoms with Gasteiger partial charge in [0, 0.05) is 26.2 Å². The lowest BCUT2D eigenvalue weighted by Gasteiger charge is -2.43. The highest BCUT2D eigenvalue weighted by atomic mass is 32.2. The molecule has 2 saturated heterocycles. The number of hydrogen-bond donors (Lipinski definition) is 1. The first-order valence-corrected chi connectivity index (χ1v) is 8.32. The fourth-order valence-electron chi connectivity index (χ4n) is 3.05. The van der Waals surface area contributed by atoms with E-state index in [4.69, 9.17) is 15.2 Å². The van der Waals surface area contributed by atoms with Crippen LogP contribution in [0.15, 0.2) is 0 Å². The van der Waals surface area contributed by atoms with Gasteiger partial charge in [-0.2, -0.15) is 11.8 Å². The number of carbonyl (C=O) groups excluding carboxylic acids is 1. The summed E-state index contributed by atoms with van der Waals surface area (Å²) in [5, 5.41) is 0. The number of nitrogens with two attached hydrogens (primary N) is 1. The van der Waals surface area contributed by atoms with Gasteiger partial charge >= 0.3 is 0 Å². The highest BCUT2D eigenvalue weighted by Gasteiger charge is 2.41. The molecule has 4 nitrogen and oxygen atoms in total. The molecular weight excluding hydrogens is 262 g/mol. The lowest BCUT2D eigenvalue weighted by Crippen LogP contribution is -2.47. The Morgan fingerprint density at radius 2 is 2.26 bits per heavy atom. The van der Waals surface area contributed by atoms with Crippen molar-refractivity contribution in [1.29, 1.82) is 0 Å². The van der Waals surface area contributed by atoms with E-state index in [1.54, 1.807) is 7.11 Å². The third kappa shape index (κ3) is 3.94. The molecule has 2 N–H and O–H groups in total. The smallest absolute Gasteiger partial charge is 0.152 e. The molecule has 0 saturated carbocycles. The van der Waals surface area contributed by atoms with Gasteiger partial charge in [0.15, 0.2) is 5.78 Å². The van der Waals surface area contributed by atoms with E-state index < -0.39 is 0 Å². The molecule has 2 atom stereocenters. The Labute approximate surface area is 119 Å². The van der Waals surface area contributed by atoms with Crippen LogP contribution in [-0.4, -0.2) is 49.3 Å². The monoisotopic (exact) mass is 287 g/mol. The molecule has 0 aromatic carbocycles. The van der Waals surface area contributed by atoms with Crippen molar-refractivity contribution >= 4 is 17.5 Å². The normalized spacial score (nSPS) is 28.2. The summed E-state index contributed by atoms with van der Waals surface area (Å²) >= 11 is 1.98. The van der Waals surface area contributed by atoms with Gasteiger partial charge in [-0.15, -0.1) is 0 Å². The van der Waals surface area contributed by atoms with Crippen LogP contribution in [0.1, 0.15) is 32.1 Å². The van der Waals surface area contributed by atoms with Crippen molar-refractivity contribution in [3.63, 3.8) is 0 Å². The van der Waals surface area contributed by atoms with Crippen LogP contribution in [0.5, 0.6) is 0 Å².